The van der Waals surface area contributed by atoms with Gasteiger partial charge in [-0.2, -0.15) is 4.98 Å². The highest BCUT2D eigenvalue weighted by Crippen LogP contribution is 2.32. The first-order valence-electron chi connectivity index (χ1n) is 8.01. The molecule has 5 nitrogen and oxygen atoms in total. The first-order valence-corrected chi connectivity index (χ1v) is 8.39. The van der Waals surface area contributed by atoms with Crippen LogP contribution in [0.3, 0.4) is 0 Å². The van der Waals surface area contributed by atoms with E-state index in [1.807, 2.05) is 24.3 Å². The smallest absolute Gasteiger partial charge is 0.225 e. The summed E-state index contributed by atoms with van der Waals surface area (Å²) in [5, 5.41) is 0.227. The lowest BCUT2D eigenvalue weighted by Gasteiger charge is -2.27. The van der Waals surface area contributed by atoms with E-state index in [-0.39, 0.29) is 5.28 Å². The van der Waals surface area contributed by atoms with Gasteiger partial charge in [-0.1, -0.05) is 37.8 Å². The van der Waals surface area contributed by atoms with Crippen molar-refractivity contribution >= 4 is 34.1 Å². The molecular weight excluding hydrogens is 326 g/mol. The average molecular weight is 346 g/mol. The fourth-order valence-corrected chi connectivity index (χ4v) is 2.83. The molecule has 0 atom stereocenters. The molecule has 0 amide bonds. The predicted octanol–water partition coefficient (Wildman–Crippen LogP) is 4.25. The molecule has 3 heterocycles. The molecule has 2 aromatic rings. The highest BCUT2D eigenvalue weighted by atomic mass is 35.5. The van der Waals surface area contributed by atoms with Crippen molar-refractivity contribution in [3.05, 3.63) is 48.0 Å². The largest absolute Gasteiger partial charge is 0.451 e. The van der Waals surface area contributed by atoms with Gasteiger partial charge in [-0.3, -0.25) is 0 Å². The van der Waals surface area contributed by atoms with Gasteiger partial charge < -0.3 is 14.1 Å². The van der Waals surface area contributed by atoms with E-state index in [2.05, 4.69) is 28.4 Å². The van der Waals surface area contributed by atoms with Gasteiger partial charge in [0.05, 0.1) is 13.2 Å². The number of hydrogen-bond donors (Lipinski definition) is 0. The number of fused-ring (bicyclic) bond motifs is 1. The molecule has 1 aliphatic heterocycles. The summed E-state index contributed by atoms with van der Waals surface area (Å²) in [7, 11) is 0. The van der Waals surface area contributed by atoms with Gasteiger partial charge in [0.25, 0.3) is 0 Å². The van der Waals surface area contributed by atoms with Crippen LogP contribution in [-0.2, 0) is 4.74 Å². The van der Waals surface area contributed by atoms with Crippen molar-refractivity contribution in [1.82, 2.24) is 9.97 Å². The number of aromatic nitrogens is 2. The van der Waals surface area contributed by atoms with Crippen molar-refractivity contribution in [3.8, 4) is 0 Å². The normalized spacial score (nSPS) is 16.2. The third-order valence-electron chi connectivity index (χ3n) is 3.88. The van der Waals surface area contributed by atoms with Gasteiger partial charge in [0.1, 0.15) is 11.3 Å². The molecule has 2 aromatic heterocycles. The predicted molar refractivity (Wildman–Crippen MR) is 97.5 cm³/mol. The Labute approximate surface area is 146 Å². The SMILES string of the molecule is C=C/C=C\C=C(/CC)c1cc2nc(Cl)nc(N3CCOCC3)c2o1. The van der Waals surface area contributed by atoms with E-state index >= 15 is 0 Å². The number of nitrogens with zero attached hydrogens (tertiary/aromatic N) is 3. The first kappa shape index (κ1) is 16.7. The lowest BCUT2D eigenvalue weighted by molar-refractivity contribution is 0.122. The van der Waals surface area contributed by atoms with Gasteiger partial charge in [-0.15, -0.1) is 0 Å². The van der Waals surface area contributed by atoms with Crippen LogP contribution in [-0.4, -0.2) is 36.3 Å². The first-order chi connectivity index (χ1) is 11.7. The number of ether oxygens (including phenoxy) is 1. The second-order valence-electron chi connectivity index (χ2n) is 5.41. The van der Waals surface area contributed by atoms with Crippen LogP contribution < -0.4 is 4.90 Å². The molecule has 1 aliphatic rings. The number of rotatable bonds is 5. The summed E-state index contributed by atoms with van der Waals surface area (Å²) >= 11 is 6.11. The number of hydrogen-bond acceptors (Lipinski definition) is 5. The fraction of sp³-hybridized carbons (Fsp3) is 0.333. The average Bonchev–Trinajstić information content (AvgIpc) is 3.02. The van der Waals surface area contributed by atoms with Gasteiger partial charge in [0.2, 0.25) is 5.28 Å². The summed E-state index contributed by atoms with van der Waals surface area (Å²) in [6, 6.07) is 1.92. The lowest BCUT2D eigenvalue weighted by Crippen LogP contribution is -2.36. The molecule has 0 aliphatic carbocycles. The van der Waals surface area contributed by atoms with Crippen molar-refractivity contribution < 1.29 is 9.15 Å². The Bertz CT molecular complexity index is 789. The Kier molecular flexibility index (Phi) is 5.33. The number of furan rings is 1. The van der Waals surface area contributed by atoms with Gasteiger partial charge in [0, 0.05) is 19.2 Å². The molecule has 0 aromatic carbocycles. The molecule has 0 bridgehead atoms. The maximum atomic E-state index is 6.11. The van der Waals surface area contributed by atoms with Crippen LogP contribution in [0.15, 0.2) is 41.4 Å². The van der Waals surface area contributed by atoms with E-state index < -0.39 is 0 Å². The van der Waals surface area contributed by atoms with Crippen LogP contribution in [0.5, 0.6) is 0 Å². The second kappa shape index (κ2) is 7.64. The molecule has 3 rings (SSSR count). The van der Waals surface area contributed by atoms with Crippen molar-refractivity contribution in [2.45, 2.75) is 13.3 Å². The van der Waals surface area contributed by atoms with Crippen molar-refractivity contribution in [2.24, 2.45) is 0 Å². The van der Waals surface area contributed by atoms with E-state index in [1.165, 1.54) is 0 Å². The molecule has 0 spiro atoms. The van der Waals surface area contributed by atoms with Crippen molar-refractivity contribution in [2.75, 3.05) is 31.2 Å². The zero-order chi connectivity index (χ0) is 16.9. The minimum absolute atomic E-state index is 0.227. The van der Waals surface area contributed by atoms with Crippen LogP contribution >= 0.6 is 11.6 Å². The quantitative estimate of drug-likeness (QED) is 0.599. The highest BCUT2D eigenvalue weighted by molar-refractivity contribution is 6.28. The van der Waals surface area contributed by atoms with Gasteiger partial charge in [-0.05, 0) is 23.6 Å². The summed E-state index contributed by atoms with van der Waals surface area (Å²) in [4.78, 5) is 10.8. The van der Waals surface area contributed by atoms with E-state index in [0.717, 1.165) is 42.2 Å². The van der Waals surface area contributed by atoms with Gasteiger partial charge >= 0.3 is 0 Å². The minimum atomic E-state index is 0.227. The molecule has 126 valence electrons. The van der Waals surface area contributed by atoms with Crippen molar-refractivity contribution in [1.29, 1.82) is 0 Å². The number of morpholine rings is 1. The summed E-state index contributed by atoms with van der Waals surface area (Å²) in [6.07, 6.45) is 8.43. The monoisotopic (exact) mass is 345 g/mol. The molecule has 0 unspecified atom stereocenters. The van der Waals surface area contributed by atoms with E-state index in [9.17, 15) is 0 Å². The number of halogens is 1. The third-order valence-corrected chi connectivity index (χ3v) is 4.05. The topological polar surface area (TPSA) is 51.4 Å². The van der Waals surface area contributed by atoms with Gasteiger partial charge in [-0.25, -0.2) is 4.98 Å². The molecule has 6 heteroatoms. The lowest BCUT2D eigenvalue weighted by atomic mass is 10.1. The summed E-state index contributed by atoms with van der Waals surface area (Å²) in [5.41, 5.74) is 2.47. The maximum absolute atomic E-state index is 6.11. The second-order valence-corrected chi connectivity index (χ2v) is 5.74. The Morgan fingerprint density at radius 3 is 2.83 bits per heavy atom. The maximum Gasteiger partial charge on any atom is 0.225 e. The molecule has 24 heavy (non-hydrogen) atoms. The summed E-state index contributed by atoms with van der Waals surface area (Å²) in [5.74, 6) is 1.52. The number of allylic oxidation sites excluding steroid dienone is 5. The summed E-state index contributed by atoms with van der Waals surface area (Å²) < 4.78 is 11.5. The van der Waals surface area contributed by atoms with E-state index in [1.54, 1.807) is 6.08 Å². The Morgan fingerprint density at radius 2 is 2.12 bits per heavy atom. The molecule has 1 fully saturated rings. The molecule has 0 radical (unpaired) electrons. The minimum Gasteiger partial charge on any atom is -0.451 e. The summed E-state index contributed by atoms with van der Waals surface area (Å²) in [6.45, 7) is 8.62. The standard InChI is InChI=1S/C18H20ClN3O2/c1-3-5-6-7-13(4-2)15-12-14-16(24-15)17(21-18(19)20-14)22-8-10-23-11-9-22/h3,5-7,12H,1,4,8-11H2,2H3/b6-5-,13-7+. The Hall–Kier alpha value is -2.11. The Morgan fingerprint density at radius 1 is 1.33 bits per heavy atom. The fourth-order valence-electron chi connectivity index (χ4n) is 2.66. The van der Waals surface area contributed by atoms with Crippen molar-refractivity contribution in [3.63, 3.8) is 0 Å². The van der Waals surface area contributed by atoms with E-state index in [0.29, 0.717) is 18.8 Å². The molecule has 0 N–H and O–H groups in total. The molecular formula is C18H20ClN3O2. The third kappa shape index (κ3) is 3.52. The van der Waals surface area contributed by atoms with Crippen LogP contribution in [0, 0.1) is 0 Å². The van der Waals surface area contributed by atoms with Gasteiger partial charge in [0.15, 0.2) is 11.4 Å². The number of anilines is 1. The molecule has 0 saturated carbocycles. The van der Waals surface area contributed by atoms with E-state index in [4.69, 9.17) is 20.8 Å². The van der Waals surface area contributed by atoms with Crippen LogP contribution in [0.1, 0.15) is 19.1 Å². The molecule has 1 saturated heterocycles. The zero-order valence-electron chi connectivity index (χ0n) is 13.7. The van der Waals surface area contributed by atoms with Crippen LogP contribution in [0.4, 0.5) is 5.82 Å². The Balaban J connectivity index is 2.04. The highest BCUT2D eigenvalue weighted by Gasteiger charge is 2.21. The zero-order valence-corrected chi connectivity index (χ0v) is 14.4. The van der Waals surface area contributed by atoms with Crippen LogP contribution in [0.2, 0.25) is 5.28 Å². The van der Waals surface area contributed by atoms with Crippen LogP contribution in [0.25, 0.3) is 16.7 Å².